The molecule has 0 radical (unpaired) electrons. The fourth-order valence-corrected chi connectivity index (χ4v) is 3.00. The van der Waals surface area contributed by atoms with Crippen LogP contribution < -0.4 is 0 Å². The molecule has 0 N–H and O–H groups in total. The number of allylic oxidation sites excluding steroid dienone is 3. The van der Waals surface area contributed by atoms with E-state index in [2.05, 4.69) is 25.2 Å². The minimum absolute atomic E-state index is 0.0731. The maximum absolute atomic E-state index is 11.9. The Bertz CT molecular complexity index is 454. The van der Waals surface area contributed by atoms with Gasteiger partial charge in [-0.05, 0) is 32.1 Å². The molecule has 1 aliphatic rings. The molecule has 0 saturated carbocycles. The summed E-state index contributed by atoms with van der Waals surface area (Å²) in [6, 6.07) is 0.0862. The fourth-order valence-electron chi connectivity index (χ4n) is 3.00. The van der Waals surface area contributed by atoms with Crippen molar-refractivity contribution in [3.05, 3.63) is 23.8 Å². The number of carbonyl (C=O) groups excluding carboxylic acids is 2. The quantitative estimate of drug-likeness (QED) is 0.520. The minimum atomic E-state index is -0.109. The molecule has 0 aromatic heterocycles. The summed E-state index contributed by atoms with van der Waals surface area (Å²) < 4.78 is 0. The summed E-state index contributed by atoms with van der Waals surface area (Å²) in [6.07, 6.45) is 15.7. The van der Waals surface area contributed by atoms with E-state index >= 15 is 0 Å². The van der Waals surface area contributed by atoms with Crippen molar-refractivity contribution in [2.45, 2.75) is 78.2 Å². The Morgan fingerprint density at radius 2 is 1.96 bits per heavy atom. The second-order valence-electron chi connectivity index (χ2n) is 6.37. The number of hydrogen-bond donors (Lipinski definition) is 0. The van der Waals surface area contributed by atoms with Gasteiger partial charge < -0.3 is 0 Å². The number of nitrogens with zero attached hydrogens (tertiary/aromatic N) is 2. The van der Waals surface area contributed by atoms with Crippen LogP contribution >= 0.6 is 0 Å². The van der Waals surface area contributed by atoms with Gasteiger partial charge >= 0.3 is 0 Å². The van der Waals surface area contributed by atoms with Crippen LogP contribution in [0.3, 0.4) is 0 Å². The average molecular weight is 320 g/mol. The molecule has 0 heterocycles. The van der Waals surface area contributed by atoms with E-state index < -0.39 is 0 Å². The van der Waals surface area contributed by atoms with Crippen LogP contribution in [0.1, 0.15) is 72.1 Å². The molecule has 0 fully saturated rings. The predicted molar refractivity (Wildman–Crippen MR) is 94.6 cm³/mol. The highest BCUT2D eigenvalue weighted by molar-refractivity contribution is 5.79. The molecule has 1 rings (SSSR count). The van der Waals surface area contributed by atoms with Crippen molar-refractivity contribution in [2.24, 2.45) is 0 Å². The van der Waals surface area contributed by atoms with E-state index in [1.54, 1.807) is 12.1 Å². The molecule has 0 aliphatic heterocycles. The van der Waals surface area contributed by atoms with E-state index in [1.807, 2.05) is 0 Å². The van der Waals surface area contributed by atoms with Gasteiger partial charge in [-0.3, -0.25) is 14.6 Å². The highest BCUT2D eigenvalue weighted by Crippen LogP contribution is 2.24. The lowest BCUT2D eigenvalue weighted by atomic mass is 9.94. The molecule has 4 heteroatoms. The van der Waals surface area contributed by atoms with E-state index in [0.717, 1.165) is 25.7 Å². The van der Waals surface area contributed by atoms with Crippen molar-refractivity contribution in [2.75, 3.05) is 7.05 Å². The zero-order valence-corrected chi connectivity index (χ0v) is 15.2. The SMILES string of the molecule is CCCCCC/C=C/C1=CCC(N(C(C)=O)N(C)C(C)=O)CC1. The van der Waals surface area contributed by atoms with Crippen molar-refractivity contribution in [1.82, 2.24) is 10.0 Å². The van der Waals surface area contributed by atoms with Crippen molar-refractivity contribution in [3.8, 4) is 0 Å². The summed E-state index contributed by atoms with van der Waals surface area (Å²) in [5.41, 5.74) is 1.35. The highest BCUT2D eigenvalue weighted by atomic mass is 16.2. The van der Waals surface area contributed by atoms with Crippen LogP contribution in [0.5, 0.6) is 0 Å². The second kappa shape index (κ2) is 10.2. The topological polar surface area (TPSA) is 40.6 Å². The van der Waals surface area contributed by atoms with Gasteiger partial charge in [0.25, 0.3) is 0 Å². The predicted octanol–water partition coefficient (Wildman–Crippen LogP) is 4.23. The Balaban J connectivity index is 2.51. The van der Waals surface area contributed by atoms with Crippen molar-refractivity contribution >= 4 is 11.8 Å². The van der Waals surface area contributed by atoms with E-state index in [9.17, 15) is 9.59 Å². The normalized spacial score (nSPS) is 17.9. The third-order valence-corrected chi connectivity index (χ3v) is 4.42. The van der Waals surface area contributed by atoms with Crippen LogP contribution in [0.25, 0.3) is 0 Å². The molecule has 4 nitrogen and oxygen atoms in total. The first-order valence-electron chi connectivity index (χ1n) is 8.87. The standard InChI is InChI=1S/C19H32N2O2/c1-5-6-7-8-9-10-11-18-12-14-19(15-13-18)21(17(3)23)20(4)16(2)22/h10-12,19H,5-9,13-15H2,1-4H3/b11-10+. The van der Waals surface area contributed by atoms with E-state index in [-0.39, 0.29) is 17.9 Å². The van der Waals surface area contributed by atoms with Gasteiger partial charge in [0.05, 0.1) is 6.04 Å². The van der Waals surface area contributed by atoms with Gasteiger partial charge in [-0.2, -0.15) is 0 Å². The van der Waals surface area contributed by atoms with Crippen LogP contribution in [0.4, 0.5) is 0 Å². The van der Waals surface area contributed by atoms with Crippen molar-refractivity contribution in [1.29, 1.82) is 0 Å². The van der Waals surface area contributed by atoms with Crippen LogP contribution in [-0.2, 0) is 9.59 Å². The zero-order chi connectivity index (χ0) is 17.2. The Labute approximate surface area is 141 Å². The van der Waals surface area contributed by atoms with E-state index in [1.165, 1.54) is 50.1 Å². The molecule has 23 heavy (non-hydrogen) atoms. The van der Waals surface area contributed by atoms with Gasteiger partial charge in [-0.25, -0.2) is 5.01 Å². The molecule has 2 amide bonds. The summed E-state index contributed by atoms with van der Waals surface area (Å²) in [6.45, 7) is 5.24. The molecule has 130 valence electrons. The fraction of sp³-hybridized carbons (Fsp3) is 0.684. The Morgan fingerprint density at radius 3 is 2.48 bits per heavy atom. The monoisotopic (exact) mass is 320 g/mol. The van der Waals surface area contributed by atoms with Gasteiger partial charge in [0.15, 0.2) is 0 Å². The highest BCUT2D eigenvalue weighted by Gasteiger charge is 2.27. The Morgan fingerprint density at radius 1 is 1.22 bits per heavy atom. The van der Waals surface area contributed by atoms with Crippen LogP contribution in [0.15, 0.2) is 23.8 Å². The van der Waals surface area contributed by atoms with Gasteiger partial charge in [-0.15, -0.1) is 0 Å². The lowest BCUT2D eigenvalue weighted by Crippen LogP contribution is -2.51. The molecular formula is C19H32N2O2. The third-order valence-electron chi connectivity index (χ3n) is 4.42. The van der Waals surface area contributed by atoms with E-state index in [4.69, 9.17) is 0 Å². The van der Waals surface area contributed by atoms with Crippen LogP contribution in [-0.4, -0.2) is 34.9 Å². The third kappa shape index (κ3) is 6.59. The molecule has 0 saturated heterocycles. The van der Waals surface area contributed by atoms with E-state index in [0.29, 0.717) is 0 Å². The largest absolute Gasteiger partial charge is 0.273 e. The first kappa shape index (κ1) is 19.5. The minimum Gasteiger partial charge on any atom is -0.273 e. The molecule has 0 bridgehead atoms. The molecule has 0 spiro atoms. The molecule has 0 aromatic rings. The number of hydrogen-bond acceptors (Lipinski definition) is 2. The zero-order valence-electron chi connectivity index (χ0n) is 15.2. The number of unbranched alkanes of at least 4 members (excludes halogenated alkanes) is 4. The van der Waals surface area contributed by atoms with Gasteiger partial charge in [-0.1, -0.05) is 50.0 Å². The lowest BCUT2D eigenvalue weighted by molar-refractivity contribution is -0.163. The lowest BCUT2D eigenvalue weighted by Gasteiger charge is -2.38. The van der Waals surface area contributed by atoms with Gasteiger partial charge in [0, 0.05) is 20.9 Å². The summed E-state index contributed by atoms with van der Waals surface area (Å²) in [5.74, 6) is -0.182. The van der Waals surface area contributed by atoms with Crippen molar-refractivity contribution in [3.63, 3.8) is 0 Å². The van der Waals surface area contributed by atoms with Crippen molar-refractivity contribution < 1.29 is 9.59 Å². The average Bonchev–Trinajstić information content (AvgIpc) is 2.51. The molecular weight excluding hydrogens is 288 g/mol. The smallest absolute Gasteiger partial charge is 0.238 e. The molecule has 1 aliphatic carbocycles. The summed E-state index contributed by atoms with van der Waals surface area (Å²) in [7, 11) is 1.67. The number of rotatable bonds is 7. The van der Waals surface area contributed by atoms with Gasteiger partial charge in [0.2, 0.25) is 11.8 Å². The molecule has 1 unspecified atom stereocenters. The summed E-state index contributed by atoms with van der Waals surface area (Å²) >= 11 is 0. The first-order chi connectivity index (χ1) is 11.0. The molecule has 1 atom stereocenters. The maximum Gasteiger partial charge on any atom is 0.238 e. The van der Waals surface area contributed by atoms with Crippen LogP contribution in [0.2, 0.25) is 0 Å². The first-order valence-corrected chi connectivity index (χ1v) is 8.87. The van der Waals surface area contributed by atoms with Gasteiger partial charge in [0.1, 0.15) is 0 Å². The molecule has 0 aromatic carbocycles. The second-order valence-corrected chi connectivity index (χ2v) is 6.37. The summed E-state index contributed by atoms with van der Waals surface area (Å²) in [5, 5.41) is 3.04. The Hall–Kier alpha value is -1.58. The van der Waals surface area contributed by atoms with Crippen LogP contribution in [0, 0.1) is 0 Å². The summed E-state index contributed by atoms with van der Waals surface area (Å²) in [4.78, 5) is 23.4. The number of carbonyl (C=O) groups is 2. The maximum atomic E-state index is 11.9. The number of amides is 2. The Kier molecular flexibility index (Phi) is 8.67. The number of hydrazine groups is 1.